The van der Waals surface area contributed by atoms with Gasteiger partial charge in [-0.15, -0.1) is 0 Å². The Kier molecular flexibility index (Phi) is 7.13. The Bertz CT molecular complexity index is 1260. The third-order valence-electron chi connectivity index (χ3n) is 7.83. The molecule has 3 aliphatic rings. The summed E-state index contributed by atoms with van der Waals surface area (Å²) in [6.45, 7) is 6.12. The Balaban J connectivity index is 1.32. The lowest BCUT2D eigenvalue weighted by Gasteiger charge is -2.56. The van der Waals surface area contributed by atoms with Crippen LogP contribution in [0.2, 0.25) is 10.0 Å². The summed E-state index contributed by atoms with van der Waals surface area (Å²) in [7, 11) is -4.49. The number of hydrogen-bond acceptors (Lipinski definition) is 5. The van der Waals surface area contributed by atoms with Crippen LogP contribution in [0.4, 0.5) is 20.3 Å². The molecule has 2 aliphatic heterocycles. The van der Waals surface area contributed by atoms with Crippen molar-refractivity contribution >= 4 is 44.7 Å². The molecule has 3 fully saturated rings. The van der Waals surface area contributed by atoms with E-state index < -0.39 is 26.7 Å². The van der Waals surface area contributed by atoms with E-state index in [1.807, 2.05) is 4.90 Å². The van der Waals surface area contributed by atoms with E-state index in [0.29, 0.717) is 11.7 Å². The summed E-state index contributed by atoms with van der Waals surface area (Å²) >= 11 is 12.6. The Morgan fingerprint density at radius 3 is 2.67 bits per heavy atom. The first-order valence-corrected chi connectivity index (χ1v) is 14.6. The highest BCUT2D eigenvalue weighted by molar-refractivity contribution is 7.92. The Morgan fingerprint density at radius 2 is 1.94 bits per heavy atom. The van der Waals surface area contributed by atoms with Gasteiger partial charge in [-0.25, -0.2) is 17.8 Å². The molecule has 0 bridgehead atoms. The fourth-order valence-corrected chi connectivity index (χ4v) is 8.16. The van der Waals surface area contributed by atoms with Gasteiger partial charge in [0.2, 0.25) is 5.95 Å². The largest absolute Gasteiger partial charge is 0.369 e. The molecule has 2 atom stereocenters. The van der Waals surface area contributed by atoms with Crippen LogP contribution < -0.4 is 9.62 Å². The van der Waals surface area contributed by atoms with Crippen molar-refractivity contribution in [3.8, 4) is 0 Å². The summed E-state index contributed by atoms with van der Waals surface area (Å²) in [5, 5.41) is -0.584. The van der Waals surface area contributed by atoms with Gasteiger partial charge < -0.3 is 9.80 Å². The van der Waals surface area contributed by atoms with Crippen molar-refractivity contribution in [2.24, 2.45) is 11.3 Å². The highest BCUT2D eigenvalue weighted by Gasteiger charge is 2.48. The summed E-state index contributed by atoms with van der Waals surface area (Å²) in [6, 6.07) is 5.59. The van der Waals surface area contributed by atoms with Gasteiger partial charge >= 0.3 is 0 Å². The molecule has 1 aromatic heterocycles. The predicted octanol–water partition coefficient (Wildman–Crippen LogP) is 5.95. The van der Waals surface area contributed by atoms with Gasteiger partial charge in [0.1, 0.15) is 15.7 Å². The fraction of sp³-hybridized carbons (Fsp3) is 0.560. The number of benzene rings is 1. The molecule has 1 spiro atoms. The molecule has 11 heteroatoms. The van der Waals surface area contributed by atoms with E-state index in [1.54, 1.807) is 0 Å². The second-order valence-electron chi connectivity index (χ2n) is 10.6. The predicted molar refractivity (Wildman–Crippen MR) is 138 cm³/mol. The van der Waals surface area contributed by atoms with Gasteiger partial charge in [0, 0.05) is 31.1 Å². The van der Waals surface area contributed by atoms with Crippen molar-refractivity contribution in [2.45, 2.75) is 56.4 Å². The molecule has 1 N–H and O–H groups in total. The molecule has 2 unspecified atom stereocenters. The minimum atomic E-state index is -4.49. The van der Waals surface area contributed by atoms with Gasteiger partial charge in [-0.05, 0) is 62.8 Å². The average molecular weight is 560 g/mol. The average Bonchev–Trinajstić information content (AvgIpc) is 2.79. The van der Waals surface area contributed by atoms with Crippen molar-refractivity contribution in [2.75, 3.05) is 35.8 Å². The minimum absolute atomic E-state index is 0.158. The summed E-state index contributed by atoms with van der Waals surface area (Å²) in [5.41, 5.74) is 0.548. The van der Waals surface area contributed by atoms with E-state index in [2.05, 4.69) is 21.5 Å². The molecule has 3 heterocycles. The maximum absolute atomic E-state index is 15.3. The van der Waals surface area contributed by atoms with Gasteiger partial charge in [-0.2, -0.15) is 4.39 Å². The van der Waals surface area contributed by atoms with E-state index in [4.69, 9.17) is 23.2 Å². The number of halogens is 4. The molecular weight excluding hydrogens is 529 g/mol. The van der Waals surface area contributed by atoms with E-state index in [-0.39, 0.29) is 21.3 Å². The quantitative estimate of drug-likeness (QED) is 0.363. The number of nitrogens with zero attached hydrogens (tertiary/aromatic N) is 3. The van der Waals surface area contributed by atoms with Crippen molar-refractivity contribution < 1.29 is 17.2 Å². The molecule has 0 amide bonds. The number of nitrogens with one attached hydrogen (secondary N) is 1. The Morgan fingerprint density at radius 1 is 1.17 bits per heavy atom. The number of anilines is 2. The molecular formula is C25H30Cl2F2N4O2S. The first kappa shape index (κ1) is 25.9. The lowest BCUT2D eigenvalue weighted by molar-refractivity contribution is 0.0330. The molecule has 0 radical (unpaired) electrons. The van der Waals surface area contributed by atoms with Crippen molar-refractivity contribution in [3.63, 3.8) is 0 Å². The van der Waals surface area contributed by atoms with E-state index >= 15 is 4.39 Å². The third-order valence-corrected chi connectivity index (χ3v) is 10.0. The van der Waals surface area contributed by atoms with Crippen LogP contribution >= 0.6 is 23.2 Å². The lowest BCUT2D eigenvalue weighted by atomic mass is 9.66. The summed E-state index contributed by atoms with van der Waals surface area (Å²) in [4.78, 5) is 7.31. The van der Waals surface area contributed by atoms with Crippen LogP contribution in [0.15, 0.2) is 29.2 Å². The Labute approximate surface area is 221 Å². The first-order chi connectivity index (χ1) is 17.1. The second-order valence-corrected chi connectivity index (χ2v) is 13.0. The maximum Gasteiger partial charge on any atom is 0.267 e. The molecule has 36 heavy (non-hydrogen) atoms. The zero-order valence-corrected chi connectivity index (χ0v) is 22.4. The highest BCUT2D eigenvalue weighted by atomic mass is 35.5. The zero-order chi connectivity index (χ0) is 25.7. The van der Waals surface area contributed by atoms with E-state index in [9.17, 15) is 12.8 Å². The molecule has 6 nitrogen and oxygen atoms in total. The van der Waals surface area contributed by atoms with Crippen molar-refractivity contribution in [1.29, 1.82) is 0 Å². The Hall–Kier alpha value is -1.68. The number of sulfonamides is 1. The number of likely N-dealkylation sites (tertiary alicyclic amines) is 1. The van der Waals surface area contributed by atoms with Crippen molar-refractivity contribution in [1.82, 2.24) is 9.88 Å². The number of aromatic nitrogens is 1. The number of piperidine rings is 1. The zero-order valence-electron chi connectivity index (χ0n) is 20.1. The van der Waals surface area contributed by atoms with E-state index in [0.717, 1.165) is 51.0 Å². The van der Waals surface area contributed by atoms with Crippen LogP contribution in [0.1, 0.15) is 45.4 Å². The summed E-state index contributed by atoms with van der Waals surface area (Å²) in [5.74, 6) is -1.56. The fourth-order valence-electron chi connectivity index (χ4n) is 6.20. The van der Waals surface area contributed by atoms with Crippen molar-refractivity contribution in [3.05, 3.63) is 46.1 Å². The van der Waals surface area contributed by atoms with Crippen LogP contribution in [0.5, 0.6) is 0 Å². The molecule has 5 rings (SSSR count). The SMILES string of the molecule is CC1CCCN(C2CCCC3(C2)CN(c2cc(Cl)c(S(=O)(=O)Nc4cccc(F)n4)c(F)c2Cl)C3)C1. The number of pyridine rings is 1. The van der Waals surface area contributed by atoms with Crippen LogP contribution in [-0.2, 0) is 10.0 Å². The molecule has 196 valence electrons. The lowest BCUT2D eigenvalue weighted by Crippen LogP contribution is -2.61. The van der Waals surface area contributed by atoms with Gasteiger partial charge in [-0.1, -0.05) is 42.6 Å². The molecule has 2 aromatic rings. The van der Waals surface area contributed by atoms with E-state index in [1.165, 1.54) is 43.9 Å². The van der Waals surface area contributed by atoms with Crippen LogP contribution in [0.25, 0.3) is 0 Å². The standard InChI is InChI=1S/C25H30Cl2F2N4O2S/c1-16-5-4-10-32(13-16)17-6-3-9-25(12-17)14-33(15-25)19-11-18(26)24(23(29)22(19)27)36(34,35)31-21-8-2-7-20(28)30-21/h2,7-8,11,16-17H,3-6,9-10,12-15H2,1H3,(H,30,31). The smallest absolute Gasteiger partial charge is 0.267 e. The van der Waals surface area contributed by atoms with Gasteiger partial charge in [0.05, 0.1) is 10.7 Å². The van der Waals surface area contributed by atoms with Gasteiger partial charge in [0.15, 0.2) is 5.82 Å². The maximum atomic E-state index is 15.3. The highest BCUT2D eigenvalue weighted by Crippen LogP contribution is 2.49. The summed E-state index contributed by atoms with van der Waals surface area (Å²) in [6.07, 6.45) is 7.17. The topological polar surface area (TPSA) is 65.5 Å². The normalized spacial score (nSPS) is 24.5. The summed E-state index contributed by atoms with van der Waals surface area (Å²) < 4.78 is 56.5. The minimum Gasteiger partial charge on any atom is -0.369 e. The van der Waals surface area contributed by atoms with Gasteiger partial charge in [-0.3, -0.25) is 4.72 Å². The van der Waals surface area contributed by atoms with Crippen LogP contribution in [0, 0.1) is 23.1 Å². The first-order valence-electron chi connectivity index (χ1n) is 12.4. The number of rotatable bonds is 5. The molecule has 1 aliphatic carbocycles. The molecule has 1 saturated carbocycles. The monoisotopic (exact) mass is 558 g/mol. The molecule has 1 aromatic carbocycles. The second kappa shape index (κ2) is 9.89. The number of hydrogen-bond donors (Lipinski definition) is 1. The molecule has 2 saturated heterocycles. The van der Waals surface area contributed by atoms with Crippen LogP contribution in [0.3, 0.4) is 0 Å². The van der Waals surface area contributed by atoms with Gasteiger partial charge in [0.25, 0.3) is 10.0 Å². The van der Waals surface area contributed by atoms with Crippen LogP contribution in [-0.4, -0.2) is 50.5 Å². The third kappa shape index (κ3) is 5.04.